The van der Waals surface area contributed by atoms with Crippen LogP contribution in [0.1, 0.15) is 4.88 Å². The molecule has 0 fully saturated rings. The number of thiophene rings is 1. The Hall–Kier alpha value is -1.59. The molecular formula is C5H4N4O2S. The molecule has 0 N–H and O–H groups in total. The first-order chi connectivity index (χ1) is 5.74. The number of nitro groups is 1. The van der Waals surface area contributed by atoms with Crippen LogP contribution < -0.4 is 0 Å². The van der Waals surface area contributed by atoms with E-state index in [1.165, 1.54) is 6.07 Å². The third kappa shape index (κ3) is 1.94. The van der Waals surface area contributed by atoms with Gasteiger partial charge in [0.15, 0.2) is 0 Å². The Balaban J connectivity index is 2.77. The second-order valence-electron chi connectivity index (χ2n) is 1.89. The maximum Gasteiger partial charge on any atom is 0.324 e. The normalized spacial score (nSPS) is 9.00. The van der Waals surface area contributed by atoms with Gasteiger partial charge in [-0.1, -0.05) is 16.5 Å². The summed E-state index contributed by atoms with van der Waals surface area (Å²) in [5, 5.41) is 13.6. The van der Waals surface area contributed by atoms with Gasteiger partial charge in [0.25, 0.3) is 0 Å². The van der Waals surface area contributed by atoms with Crippen molar-refractivity contribution >= 4 is 16.3 Å². The van der Waals surface area contributed by atoms with Crippen molar-refractivity contribution in [1.82, 2.24) is 0 Å². The Morgan fingerprint density at radius 3 is 3.00 bits per heavy atom. The molecular weight excluding hydrogens is 180 g/mol. The lowest BCUT2D eigenvalue weighted by molar-refractivity contribution is -0.380. The Morgan fingerprint density at radius 1 is 1.75 bits per heavy atom. The summed E-state index contributed by atoms with van der Waals surface area (Å²) in [5.41, 5.74) is 7.97. The molecule has 0 radical (unpaired) electrons. The second kappa shape index (κ2) is 3.70. The van der Waals surface area contributed by atoms with E-state index in [9.17, 15) is 10.1 Å². The minimum atomic E-state index is -0.468. The smallest absolute Gasteiger partial charge is 0.258 e. The molecule has 7 heteroatoms. The molecule has 0 saturated heterocycles. The maximum absolute atomic E-state index is 10.2. The molecule has 0 unspecified atom stereocenters. The molecule has 1 rings (SSSR count). The van der Waals surface area contributed by atoms with Crippen molar-refractivity contribution in [3.8, 4) is 0 Å². The summed E-state index contributed by atoms with van der Waals surface area (Å²) < 4.78 is 0. The van der Waals surface area contributed by atoms with Gasteiger partial charge in [0, 0.05) is 15.9 Å². The first-order valence-electron chi connectivity index (χ1n) is 2.98. The lowest BCUT2D eigenvalue weighted by Crippen LogP contribution is -1.80. The third-order valence-electron chi connectivity index (χ3n) is 1.12. The highest BCUT2D eigenvalue weighted by atomic mass is 32.1. The molecule has 0 spiro atoms. The van der Waals surface area contributed by atoms with Crippen molar-refractivity contribution in [3.05, 3.63) is 37.6 Å². The molecule has 1 aromatic rings. The van der Waals surface area contributed by atoms with Gasteiger partial charge in [-0.25, -0.2) is 0 Å². The molecule has 0 aliphatic rings. The number of nitrogens with zero attached hydrogens (tertiary/aromatic N) is 4. The van der Waals surface area contributed by atoms with E-state index in [-0.39, 0.29) is 11.5 Å². The average molecular weight is 184 g/mol. The number of rotatable bonds is 3. The van der Waals surface area contributed by atoms with Crippen LogP contribution in [0, 0.1) is 10.1 Å². The zero-order chi connectivity index (χ0) is 8.97. The Morgan fingerprint density at radius 2 is 2.50 bits per heavy atom. The largest absolute Gasteiger partial charge is 0.324 e. The van der Waals surface area contributed by atoms with E-state index in [0.29, 0.717) is 4.88 Å². The summed E-state index contributed by atoms with van der Waals surface area (Å²) in [6.07, 6.45) is 0. The Labute approximate surface area is 71.2 Å². The topological polar surface area (TPSA) is 91.9 Å². The van der Waals surface area contributed by atoms with Crippen molar-refractivity contribution in [2.24, 2.45) is 5.11 Å². The minimum Gasteiger partial charge on any atom is -0.258 e. The van der Waals surface area contributed by atoms with Crippen LogP contribution in [0.25, 0.3) is 10.4 Å². The molecule has 0 aromatic carbocycles. The van der Waals surface area contributed by atoms with Gasteiger partial charge in [0.05, 0.1) is 11.5 Å². The molecule has 1 heterocycles. The molecule has 0 saturated carbocycles. The number of hydrogen-bond acceptors (Lipinski definition) is 4. The quantitative estimate of drug-likeness (QED) is 0.237. The minimum absolute atomic E-state index is 0.0677. The molecule has 12 heavy (non-hydrogen) atoms. The van der Waals surface area contributed by atoms with Crippen LogP contribution in [0.3, 0.4) is 0 Å². The van der Waals surface area contributed by atoms with E-state index in [1.807, 2.05) is 0 Å². The predicted octanol–water partition coefficient (Wildman–Crippen LogP) is 2.47. The van der Waals surface area contributed by atoms with Gasteiger partial charge in [0.1, 0.15) is 0 Å². The van der Waals surface area contributed by atoms with E-state index in [4.69, 9.17) is 5.53 Å². The zero-order valence-electron chi connectivity index (χ0n) is 5.88. The molecule has 0 atom stereocenters. The molecule has 0 aliphatic carbocycles. The van der Waals surface area contributed by atoms with Crippen molar-refractivity contribution in [2.45, 2.75) is 6.54 Å². The standard InChI is InChI=1S/C5H4N4O2S/c6-8-7-3-4-1-2-5(12-4)9(10)11/h1-2H,3H2. The predicted molar refractivity (Wildman–Crippen MR) is 43.8 cm³/mol. The van der Waals surface area contributed by atoms with Crippen molar-refractivity contribution in [3.63, 3.8) is 0 Å². The van der Waals surface area contributed by atoms with Gasteiger partial charge in [-0.3, -0.25) is 10.1 Å². The Kier molecular flexibility index (Phi) is 2.62. The van der Waals surface area contributed by atoms with Crippen LogP contribution in [0.2, 0.25) is 0 Å². The SMILES string of the molecule is [N-]=[N+]=NCc1ccc([N+](=O)[O-])s1. The molecule has 0 bridgehead atoms. The third-order valence-corrected chi connectivity index (χ3v) is 2.14. The summed E-state index contributed by atoms with van der Waals surface area (Å²) in [6.45, 7) is 0.176. The van der Waals surface area contributed by atoms with Gasteiger partial charge in [0.2, 0.25) is 0 Å². The van der Waals surface area contributed by atoms with E-state index < -0.39 is 4.92 Å². The zero-order valence-corrected chi connectivity index (χ0v) is 6.69. The van der Waals surface area contributed by atoms with Crippen LogP contribution >= 0.6 is 11.3 Å². The van der Waals surface area contributed by atoms with Crippen molar-refractivity contribution in [1.29, 1.82) is 0 Å². The van der Waals surface area contributed by atoms with Crippen molar-refractivity contribution in [2.75, 3.05) is 0 Å². The van der Waals surface area contributed by atoms with E-state index >= 15 is 0 Å². The Bertz CT molecular complexity index is 341. The number of azide groups is 1. The second-order valence-corrected chi connectivity index (χ2v) is 3.03. The lowest BCUT2D eigenvalue weighted by atomic mass is 10.5. The molecule has 0 amide bonds. The number of hydrogen-bond donors (Lipinski definition) is 0. The van der Waals surface area contributed by atoms with Crippen LogP contribution in [0.15, 0.2) is 17.2 Å². The van der Waals surface area contributed by atoms with Crippen LogP contribution in [0.4, 0.5) is 5.00 Å². The maximum atomic E-state index is 10.2. The molecule has 62 valence electrons. The van der Waals surface area contributed by atoms with Crippen LogP contribution in [0.5, 0.6) is 0 Å². The summed E-state index contributed by atoms with van der Waals surface area (Å²) >= 11 is 1.02. The van der Waals surface area contributed by atoms with Gasteiger partial charge in [-0.15, -0.1) is 0 Å². The summed E-state index contributed by atoms with van der Waals surface area (Å²) in [7, 11) is 0. The average Bonchev–Trinajstić information content (AvgIpc) is 2.48. The van der Waals surface area contributed by atoms with Gasteiger partial charge in [-0.05, 0) is 11.6 Å². The molecule has 0 aliphatic heterocycles. The summed E-state index contributed by atoms with van der Waals surface area (Å²) in [6, 6.07) is 2.98. The fourth-order valence-electron chi connectivity index (χ4n) is 0.651. The highest BCUT2D eigenvalue weighted by Crippen LogP contribution is 2.24. The van der Waals surface area contributed by atoms with Crippen LogP contribution in [-0.4, -0.2) is 4.92 Å². The van der Waals surface area contributed by atoms with Crippen LogP contribution in [-0.2, 0) is 6.54 Å². The van der Waals surface area contributed by atoms with Gasteiger partial charge < -0.3 is 0 Å². The van der Waals surface area contributed by atoms with Gasteiger partial charge in [-0.2, -0.15) is 0 Å². The fourth-order valence-corrected chi connectivity index (χ4v) is 1.39. The van der Waals surface area contributed by atoms with Crippen molar-refractivity contribution < 1.29 is 4.92 Å². The van der Waals surface area contributed by atoms with E-state index in [0.717, 1.165) is 11.3 Å². The first kappa shape index (κ1) is 8.51. The lowest BCUT2D eigenvalue weighted by Gasteiger charge is -1.82. The first-order valence-corrected chi connectivity index (χ1v) is 3.79. The van der Waals surface area contributed by atoms with Gasteiger partial charge >= 0.3 is 5.00 Å². The molecule has 6 nitrogen and oxygen atoms in total. The fraction of sp³-hybridized carbons (Fsp3) is 0.200. The monoisotopic (exact) mass is 184 g/mol. The van der Waals surface area contributed by atoms with E-state index in [2.05, 4.69) is 10.0 Å². The highest BCUT2D eigenvalue weighted by Gasteiger charge is 2.08. The summed E-state index contributed by atoms with van der Waals surface area (Å²) in [5.74, 6) is 0. The molecule has 1 aromatic heterocycles. The van der Waals surface area contributed by atoms with E-state index in [1.54, 1.807) is 6.07 Å². The highest BCUT2D eigenvalue weighted by molar-refractivity contribution is 7.15. The summed E-state index contributed by atoms with van der Waals surface area (Å²) in [4.78, 5) is 13.0.